The normalized spacial score (nSPS) is 20.8. The highest BCUT2D eigenvalue weighted by molar-refractivity contribution is 14.1. The summed E-state index contributed by atoms with van der Waals surface area (Å²) in [4.78, 5) is 6.69. The van der Waals surface area contributed by atoms with Gasteiger partial charge in [-0.15, -0.1) is 0 Å². The maximum Gasteiger partial charge on any atom is 0.227 e. The van der Waals surface area contributed by atoms with Crippen molar-refractivity contribution in [1.29, 1.82) is 0 Å². The molecule has 4 nitrogen and oxygen atoms in total. The molecule has 0 aliphatic carbocycles. The van der Waals surface area contributed by atoms with Crippen molar-refractivity contribution in [2.75, 3.05) is 26.8 Å². The smallest absolute Gasteiger partial charge is 0.227 e. The lowest BCUT2D eigenvalue weighted by atomic mass is 10.1. The van der Waals surface area contributed by atoms with Gasteiger partial charge in [-0.05, 0) is 60.7 Å². The molecule has 0 aromatic carbocycles. The molecule has 0 unspecified atom stereocenters. The quantitative estimate of drug-likeness (QED) is 0.844. The molecule has 1 fully saturated rings. The molecule has 17 heavy (non-hydrogen) atoms. The SMILES string of the molecule is CN1CCC[C@H]1c1cnc(OCCO)c(I)c1. The molecule has 0 radical (unpaired) electrons. The van der Waals surface area contributed by atoms with Crippen LogP contribution in [0.1, 0.15) is 24.4 Å². The third-order valence-electron chi connectivity index (χ3n) is 3.06. The molecule has 0 amide bonds. The fourth-order valence-electron chi connectivity index (χ4n) is 2.20. The van der Waals surface area contributed by atoms with Crippen molar-refractivity contribution in [1.82, 2.24) is 9.88 Å². The third kappa shape index (κ3) is 3.08. The molecule has 0 spiro atoms. The molecule has 1 aromatic rings. The largest absolute Gasteiger partial charge is 0.474 e. The number of pyridine rings is 1. The van der Waals surface area contributed by atoms with E-state index >= 15 is 0 Å². The summed E-state index contributed by atoms with van der Waals surface area (Å²) in [6.07, 6.45) is 4.34. The predicted molar refractivity (Wildman–Crippen MR) is 74.1 cm³/mol. The maximum atomic E-state index is 8.72. The molecule has 0 bridgehead atoms. The minimum Gasteiger partial charge on any atom is -0.474 e. The van der Waals surface area contributed by atoms with Gasteiger partial charge >= 0.3 is 0 Å². The van der Waals surface area contributed by atoms with Crippen LogP contribution in [0.3, 0.4) is 0 Å². The molecular formula is C12H17IN2O2. The summed E-state index contributed by atoms with van der Waals surface area (Å²) in [6, 6.07) is 2.62. The number of aliphatic hydroxyl groups is 1. The molecule has 0 saturated carbocycles. The lowest BCUT2D eigenvalue weighted by molar-refractivity contribution is 0.195. The number of aliphatic hydroxyl groups excluding tert-OH is 1. The first-order valence-corrected chi connectivity index (χ1v) is 6.89. The van der Waals surface area contributed by atoms with Crippen LogP contribution in [-0.4, -0.2) is 41.8 Å². The highest BCUT2D eigenvalue weighted by Crippen LogP contribution is 2.32. The monoisotopic (exact) mass is 348 g/mol. The molecule has 2 rings (SSSR count). The van der Waals surface area contributed by atoms with Gasteiger partial charge in [0, 0.05) is 12.2 Å². The van der Waals surface area contributed by atoms with E-state index in [0.29, 0.717) is 18.5 Å². The Morgan fingerprint density at radius 1 is 1.65 bits per heavy atom. The topological polar surface area (TPSA) is 45.6 Å². The van der Waals surface area contributed by atoms with Crippen LogP contribution in [0.15, 0.2) is 12.3 Å². The van der Waals surface area contributed by atoms with Gasteiger partial charge < -0.3 is 9.84 Å². The van der Waals surface area contributed by atoms with E-state index in [1.807, 2.05) is 6.20 Å². The van der Waals surface area contributed by atoms with Crippen molar-refractivity contribution < 1.29 is 9.84 Å². The van der Waals surface area contributed by atoms with Crippen molar-refractivity contribution in [3.05, 3.63) is 21.4 Å². The highest BCUT2D eigenvalue weighted by atomic mass is 127. The molecule has 1 N–H and O–H groups in total. The third-order valence-corrected chi connectivity index (χ3v) is 3.84. The number of nitrogens with zero attached hydrogens (tertiary/aromatic N) is 2. The van der Waals surface area contributed by atoms with Crippen LogP contribution < -0.4 is 4.74 Å². The number of hydrogen-bond donors (Lipinski definition) is 1. The molecular weight excluding hydrogens is 331 g/mol. The van der Waals surface area contributed by atoms with Gasteiger partial charge in [0.1, 0.15) is 6.61 Å². The van der Waals surface area contributed by atoms with Crippen molar-refractivity contribution >= 4 is 22.6 Å². The van der Waals surface area contributed by atoms with Crippen LogP contribution in [0.2, 0.25) is 0 Å². The summed E-state index contributed by atoms with van der Waals surface area (Å²) in [7, 11) is 2.15. The minimum atomic E-state index is 0.0187. The Kier molecular flexibility index (Phi) is 4.58. The Morgan fingerprint density at radius 3 is 3.06 bits per heavy atom. The molecule has 2 heterocycles. The predicted octanol–water partition coefficient (Wildman–Crippen LogP) is 1.82. The summed E-state index contributed by atoms with van der Waals surface area (Å²) >= 11 is 2.23. The zero-order valence-corrected chi connectivity index (χ0v) is 12.1. The highest BCUT2D eigenvalue weighted by Gasteiger charge is 2.23. The average molecular weight is 348 g/mol. The number of ether oxygens (including phenoxy) is 1. The van der Waals surface area contributed by atoms with Gasteiger partial charge in [0.2, 0.25) is 5.88 Å². The van der Waals surface area contributed by atoms with Crippen LogP contribution in [0.25, 0.3) is 0 Å². The van der Waals surface area contributed by atoms with Gasteiger partial charge in [0.05, 0.1) is 10.2 Å². The second-order valence-corrected chi connectivity index (χ2v) is 5.43. The lowest BCUT2D eigenvalue weighted by Crippen LogP contribution is -2.18. The Morgan fingerprint density at radius 2 is 2.47 bits per heavy atom. The first kappa shape index (κ1) is 13.0. The van der Waals surface area contributed by atoms with E-state index in [1.165, 1.54) is 18.4 Å². The van der Waals surface area contributed by atoms with E-state index in [2.05, 4.69) is 45.6 Å². The molecule has 1 aliphatic heterocycles. The minimum absolute atomic E-state index is 0.0187. The van der Waals surface area contributed by atoms with Crippen molar-refractivity contribution in [3.8, 4) is 5.88 Å². The van der Waals surface area contributed by atoms with Crippen LogP contribution >= 0.6 is 22.6 Å². The Bertz CT molecular complexity index is 387. The number of aromatic nitrogens is 1. The summed E-state index contributed by atoms with van der Waals surface area (Å²) < 4.78 is 6.36. The van der Waals surface area contributed by atoms with Crippen LogP contribution in [0, 0.1) is 3.57 Å². The first-order valence-electron chi connectivity index (χ1n) is 5.81. The Balaban J connectivity index is 2.12. The Hall–Kier alpha value is -0.400. The Labute approximate surface area is 115 Å². The second-order valence-electron chi connectivity index (χ2n) is 4.27. The summed E-state index contributed by atoms with van der Waals surface area (Å²) in [6.45, 7) is 1.47. The standard InChI is InChI=1S/C12H17IN2O2/c1-15-4-2-3-11(15)9-7-10(13)12(14-8-9)17-6-5-16/h7-8,11,16H,2-6H2,1H3/t11-/m0/s1. The van der Waals surface area contributed by atoms with E-state index in [9.17, 15) is 0 Å². The number of halogens is 1. The van der Waals surface area contributed by atoms with Crippen LogP contribution in [-0.2, 0) is 0 Å². The van der Waals surface area contributed by atoms with Gasteiger partial charge in [-0.2, -0.15) is 0 Å². The van der Waals surface area contributed by atoms with Crippen molar-refractivity contribution in [2.45, 2.75) is 18.9 Å². The van der Waals surface area contributed by atoms with Crippen LogP contribution in [0.5, 0.6) is 5.88 Å². The summed E-state index contributed by atoms with van der Waals surface area (Å²) in [5.74, 6) is 0.615. The average Bonchev–Trinajstić information content (AvgIpc) is 2.74. The number of likely N-dealkylation sites (tertiary alicyclic amines) is 1. The van der Waals surface area contributed by atoms with Gasteiger partial charge in [-0.3, -0.25) is 4.90 Å². The van der Waals surface area contributed by atoms with Gasteiger partial charge in [0.25, 0.3) is 0 Å². The second kappa shape index (κ2) is 5.97. The molecule has 1 atom stereocenters. The van der Waals surface area contributed by atoms with Crippen molar-refractivity contribution in [3.63, 3.8) is 0 Å². The van der Waals surface area contributed by atoms with E-state index in [0.717, 1.165) is 10.1 Å². The zero-order chi connectivity index (χ0) is 12.3. The van der Waals surface area contributed by atoms with Gasteiger partial charge in [0.15, 0.2) is 0 Å². The summed E-state index contributed by atoms with van der Waals surface area (Å²) in [5, 5.41) is 8.72. The molecule has 1 aromatic heterocycles. The van der Waals surface area contributed by atoms with E-state index in [4.69, 9.17) is 9.84 Å². The van der Waals surface area contributed by atoms with Crippen molar-refractivity contribution in [2.24, 2.45) is 0 Å². The fourth-order valence-corrected chi connectivity index (χ4v) is 2.86. The molecule has 1 saturated heterocycles. The molecule has 1 aliphatic rings. The van der Waals surface area contributed by atoms with E-state index < -0.39 is 0 Å². The number of hydrogen-bond acceptors (Lipinski definition) is 4. The van der Waals surface area contributed by atoms with E-state index in [-0.39, 0.29) is 6.61 Å². The van der Waals surface area contributed by atoms with Crippen LogP contribution in [0.4, 0.5) is 0 Å². The van der Waals surface area contributed by atoms with Gasteiger partial charge in [-0.25, -0.2) is 4.98 Å². The first-order chi connectivity index (χ1) is 8.22. The zero-order valence-electron chi connectivity index (χ0n) is 9.90. The van der Waals surface area contributed by atoms with E-state index in [1.54, 1.807) is 0 Å². The van der Waals surface area contributed by atoms with Gasteiger partial charge in [-0.1, -0.05) is 0 Å². The summed E-state index contributed by atoms with van der Waals surface area (Å²) in [5.41, 5.74) is 1.26. The lowest BCUT2D eigenvalue weighted by Gasteiger charge is -2.20. The molecule has 5 heteroatoms. The fraction of sp³-hybridized carbons (Fsp3) is 0.583. The molecule has 94 valence electrons. The maximum absolute atomic E-state index is 8.72. The number of rotatable bonds is 4.